The van der Waals surface area contributed by atoms with Crippen LogP contribution in [0, 0.1) is 11.6 Å². The van der Waals surface area contributed by atoms with Gasteiger partial charge in [-0.1, -0.05) is 12.1 Å². The second kappa shape index (κ2) is 7.77. The lowest BCUT2D eigenvalue weighted by Gasteiger charge is -2.10. The number of nitrogens with one attached hydrogen (secondary N) is 1. The summed E-state index contributed by atoms with van der Waals surface area (Å²) in [4.78, 5) is 24.2. The summed E-state index contributed by atoms with van der Waals surface area (Å²) in [5.74, 6) is -2.13. The van der Waals surface area contributed by atoms with E-state index in [1.54, 1.807) is 24.3 Å². The average molecular weight is 371 g/mol. The van der Waals surface area contributed by atoms with Gasteiger partial charge in [-0.2, -0.15) is 5.10 Å². The first kappa shape index (κ1) is 18.2. The maximum absolute atomic E-state index is 13.2. The van der Waals surface area contributed by atoms with Crippen molar-refractivity contribution in [2.24, 2.45) is 0 Å². The molecule has 0 aliphatic heterocycles. The number of benzene rings is 2. The Hall–Kier alpha value is -3.55. The Balaban J connectivity index is 1.83. The summed E-state index contributed by atoms with van der Waals surface area (Å²) < 4.78 is 32.4. The molecule has 0 unspecified atom stereocenters. The molecule has 0 radical (unpaired) electrons. The molecule has 0 atom stereocenters. The molecule has 1 heterocycles. The standard InChI is InChI=1S/C19H15F2N3O3/c1-27-17-5-3-2-4-13(17)16-8-9-19(26)24(23-16)11-18(25)22-12-6-7-14(20)15(21)10-12/h2-10H,11H2,1H3,(H,22,25). The molecular weight excluding hydrogens is 356 g/mol. The second-order valence-corrected chi connectivity index (χ2v) is 5.59. The van der Waals surface area contributed by atoms with Gasteiger partial charge < -0.3 is 10.1 Å². The number of anilines is 1. The first-order chi connectivity index (χ1) is 13.0. The van der Waals surface area contributed by atoms with Gasteiger partial charge in [0.25, 0.3) is 5.56 Å². The fourth-order valence-corrected chi connectivity index (χ4v) is 2.47. The topological polar surface area (TPSA) is 73.2 Å². The highest BCUT2D eigenvalue weighted by molar-refractivity contribution is 5.90. The van der Waals surface area contributed by atoms with Gasteiger partial charge in [-0.15, -0.1) is 0 Å². The Bertz CT molecular complexity index is 1050. The lowest BCUT2D eigenvalue weighted by molar-refractivity contribution is -0.117. The normalized spacial score (nSPS) is 10.5. The van der Waals surface area contributed by atoms with Crippen molar-refractivity contribution in [1.29, 1.82) is 0 Å². The molecular formula is C19H15F2N3O3. The van der Waals surface area contributed by atoms with Crippen LogP contribution >= 0.6 is 0 Å². The van der Waals surface area contributed by atoms with Crippen LogP contribution in [0.5, 0.6) is 5.75 Å². The fourth-order valence-electron chi connectivity index (χ4n) is 2.47. The van der Waals surface area contributed by atoms with E-state index in [1.165, 1.54) is 25.3 Å². The molecule has 27 heavy (non-hydrogen) atoms. The molecule has 1 amide bonds. The van der Waals surface area contributed by atoms with Crippen LogP contribution in [0.4, 0.5) is 14.5 Å². The van der Waals surface area contributed by atoms with E-state index in [1.807, 2.05) is 0 Å². The molecule has 3 aromatic rings. The van der Waals surface area contributed by atoms with Gasteiger partial charge in [0.2, 0.25) is 5.91 Å². The minimum atomic E-state index is -1.08. The molecule has 8 heteroatoms. The summed E-state index contributed by atoms with van der Waals surface area (Å²) in [6.45, 7) is -0.388. The maximum Gasteiger partial charge on any atom is 0.267 e. The van der Waals surface area contributed by atoms with E-state index < -0.39 is 23.1 Å². The zero-order valence-electron chi connectivity index (χ0n) is 14.3. The molecule has 0 saturated carbocycles. The molecule has 3 rings (SSSR count). The zero-order chi connectivity index (χ0) is 19.4. The Kier molecular flexibility index (Phi) is 5.25. The highest BCUT2D eigenvalue weighted by atomic mass is 19.2. The van der Waals surface area contributed by atoms with Crippen molar-refractivity contribution in [2.75, 3.05) is 12.4 Å². The van der Waals surface area contributed by atoms with Crippen molar-refractivity contribution in [3.05, 3.63) is 76.6 Å². The van der Waals surface area contributed by atoms with Crippen molar-refractivity contribution >= 4 is 11.6 Å². The summed E-state index contributed by atoms with van der Waals surface area (Å²) in [5, 5.41) is 6.59. The Morgan fingerprint density at radius 2 is 1.89 bits per heavy atom. The van der Waals surface area contributed by atoms with Gasteiger partial charge in [-0.05, 0) is 30.3 Å². The van der Waals surface area contributed by atoms with Crippen LogP contribution in [0.3, 0.4) is 0 Å². The molecule has 0 fully saturated rings. The smallest absolute Gasteiger partial charge is 0.267 e. The number of para-hydroxylation sites is 1. The average Bonchev–Trinajstić information content (AvgIpc) is 2.66. The Labute approximate surface area is 153 Å². The number of carbonyl (C=O) groups excluding carboxylic acids is 1. The number of methoxy groups -OCH3 is 1. The van der Waals surface area contributed by atoms with Gasteiger partial charge in [0.1, 0.15) is 12.3 Å². The summed E-state index contributed by atoms with van der Waals surface area (Å²) in [5.41, 5.74) is 0.712. The van der Waals surface area contributed by atoms with Crippen molar-refractivity contribution in [3.8, 4) is 17.0 Å². The molecule has 2 aromatic carbocycles. The minimum Gasteiger partial charge on any atom is -0.496 e. The predicted molar refractivity (Wildman–Crippen MR) is 95.5 cm³/mol. The number of nitrogens with zero attached hydrogens (tertiary/aromatic N) is 2. The number of rotatable bonds is 5. The zero-order valence-corrected chi connectivity index (χ0v) is 14.3. The van der Waals surface area contributed by atoms with Crippen LogP contribution in [0.1, 0.15) is 0 Å². The van der Waals surface area contributed by atoms with Crippen molar-refractivity contribution in [2.45, 2.75) is 6.54 Å². The van der Waals surface area contributed by atoms with Gasteiger partial charge in [-0.25, -0.2) is 13.5 Å². The SMILES string of the molecule is COc1ccccc1-c1ccc(=O)n(CC(=O)Nc2ccc(F)c(F)c2)n1. The third-order valence-electron chi connectivity index (χ3n) is 3.75. The van der Waals surface area contributed by atoms with E-state index in [9.17, 15) is 18.4 Å². The van der Waals surface area contributed by atoms with Gasteiger partial charge in [0, 0.05) is 23.4 Å². The quantitative estimate of drug-likeness (QED) is 0.749. The second-order valence-electron chi connectivity index (χ2n) is 5.59. The molecule has 0 aliphatic rings. The van der Waals surface area contributed by atoms with Crippen LogP contribution in [0.25, 0.3) is 11.3 Å². The number of hydrogen-bond donors (Lipinski definition) is 1. The van der Waals surface area contributed by atoms with Crippen LogP contribution < -0.4 is 15.6 Å². The molecule has 0 saturated heterocycles. The van der Waals surface area contributed by atoms with Crippen LogP contribution in [-0.2, 0) is 11.3 Å². The monoisotopic (exact) mass is 371 g/mol. The number of amides is 1. The third-order valence-corrected chi connectivity index (χ3v) is 3.75. The van der Waals surface area contributed by atoms with Crippen molar-refractivity contribution in [1.82, 2.24) is 9.78 Å². The number of halogens is 2. The maximum atomic E-state index is 13.2. The summed E-state index contributed by atoms with van der Waals surface area (Å²) in [6.07, 6.45) is 0. The molecule has 138 valence electrons. The van der Waals surface area contributed by atoms with Gasteiger partial charge in [0.15, 0.2) is 11.6 Å². The van der Waals surface area contributed by atoms with Crippen molar-refractivity contribution in [3.63, 3.8) is 0 Å². The van der Waals surface area contributed by atoms with Crippen LogP contribution in [0.15, 0.2) is 59.4 Å². The molecule has 1 N–H and O–H groups in total. The number of carbonyl (C=O) groups is 1. The third kappa shape index (κ3) is 4.17. The van der Waals surface area contributed by atoms with E-state index >= 15 is 0 Å². The van der Waals surface area contributed by atoms with E-state index in [-0.39, 0.29) is 12.2 Å². The molecule has 0 aliphatic carbocycles. The molecule has 0 spiro atoms. The minimum absolute atomic E-state index is 0.0767. The lowest BCUT2D eigenvalue weighted by atomic mass is 10.1. The molecule has 6 nitrogen and oxygen atoms in total. The van der Waals surface area contributed by atoms with E-state index in [0.717, 1.165) is 16.8 Å². The fraction of sp³-hybridized carbons (Fsp3) is 0.105. The Morgan fingerprint density at radius 1 is 1.11 bits per heavy atom. The van der Waals surface area contributed by atoms with E-state index in [2.05, 4.69) is 10.4 Å². The van der Waals surface area contributed by atoms with E-state index in [4.69, 9.17) is 4.74 Å². The predicted octanol–water partition coefficient (Wildman–Crippen LogP) is 2.84. The Morgan fingerprint density at radius 3 is 2.63 bits per heavy atom. The highest BCUT2D eigenvalue weighted by Crippen LogP contribution is 2.27. The molecule has 0 bridgehead atoms. The van der Waals surface area contributed by atoms with Crippen molar-refractivity contribution < 1.29 is 18.3 Å². The summed E-state index contributed by atoms with van der Waals surface area (Å²) >= 11 is 0. The van der Waals surface area contributed by atoms with Gasteiger partial charge in [0.05, 0.1) is 12.8 Å². The largest absolute Gasteiger partial charge is 0.496 e. The lowest BCUT2D eigenvalue weighted by Crippen LogP contribution is -2.29. The summed E-state index contributed by atoms with van der Waals surface area (Å²) in [6, 6.07) is 12.9. The van der Waals surface area contributed by atoms with Gasteiger partial charge in [-0.3, -0.25) is 9.59 Å². The highest BCUT2D eigenvalue weighted by Gasteiger charge is 2.12. The van der Waals surface area contributed by atoms with Crippen LogP contribution in [0.2, 0.25) is 0 Å². The summed E-state index contributed by atoms with van der Waals surface area (Å²) in [7, 11) is 1.52. The first-order valence-electron chi connectivity index (χ1n) is 7.94. The first-order valence-corrected chi connectivity index (χ1v) is 7.94. The number of hydrogen-bond acceptors (Lipinski definition) is 4. The number of aromatic nitrogens is 2. The van der Waals surface area contributed by atoms with Gasteiger partial charge >= 0.3 is 0 Å². The van der Waals surface area contributed by atoms with E-state index in [0.29, 0.717) is 17.0 Å². The van der Waals surface area contributed by atoms with Crippen LogP contribution in [-0.4, -0.2) is 22.8 Å². The number of ether oxygens (including phenoxy) is 1. The molecule has 1 aromatic heterocycles.